The first-order chi connectivity index (χ1) is 16.0. The number of rotatable bonds is 7. The molecule has 0 saturated heterocycles. The van der Waals surface area contributed by atoms with Crippen LogP contribution >= 0.6 is 0 Å². The molecule has 1 aromatic carbocycles. The molecule has 13 heteroatoms. The first-order valence-corrected chi connectivity index (χ1v) is 9.85. The van der Waals surface area contributed by atoms with Gasteiger partial charge in [-0.1, -0.05) is 12.1 Å². The second-order valence-corrected chi connectivity index (χ2v) is 7.23. The Hall–Kier alpha value is -4.16. The zero-order valence-electron chi connectivity index (χ0n) is 18.1. The monoisotopic (exact) mass is 479 g/mol. The van der Waals surface area contributed by atoms with Gasteiger partial charge in [-0.3, -0.25) is 23.5 Å². The van der Waals surface area contributed by atoms with E-state index >= 15 is 0 Å². The number of amides is 2. The topological polar surface area (TPSA) is 130 Å². The van der Waals surface area contributed by atoms with Gasteiger partial charge in [-0.25, -0.2) is 9.78 Å². The fourth-order valence-electron chi connectivity index (χ4n) is 3.35. The van der Waals surface area contributed by atoms with Gasteiger partial charge >= 0.3 is 11.9 Å². The number of fused-ring (bicyclic) bond motifs is 1. The Morgan fingerprint density at radius 3 is 2.44 bits per heavy atom. The lowest BCUT2D eigenvalue weighted by molar-refractivity contribution is -0.141. The number of carbonyl (C=O) groups is 2. The number of carbonyl (C=O) groups excluding carboxylic acids is 2. The van der Waals surface area contributed by atoms with Crippen LogP contribution in [0.5, 0.6) is 5.75 Å². The smallest absolute Gasteiger partial charge is 0.433 e. The predicted molar refractivity (Wildman–Crippen MR) is 115 cm³/mol. The molecule has 3 aromatic rings. The molecular weight excluding hydrogens is 459 g/mol. The largest absolute Gasteiger partial charge is 0.495 e. The van der Waals surface area contributed by atoms with Crippen LogP contribution in [-0.4, -0.2) is 39.6 Å². The third-order valence-electron chi connectivity index (χ3n) is 5.03. The number of halogens is 3. The summed E-state index contributed by atoms with van der Waals surface area (Å²) in [5.74, 6) is -1.13. The van der Waals surface area contributed by atoms with Crippen LogP contribution in [0, 0.1) is 0 Å². The molecule has 0 aliphatic heterocycles. The molecule has 0 saturated carbocycles. The average Bonchev–Trinajstić information content (AvgIpc) is 2.79. The van der Waals surface area contributed by atoms with E-state index in [9.17, 15) is 32.3 Å². The maximum atomic E-state index is 13.2. The Morgan fingerprint density at radius 1 is 1.15 bits per heavy atom. The minimum Gasteiger partial charge on any atom is -0.495 e. The molecular formula is C21H20F3N5O5. The molecule has 10 nitrogen and oxygen atoms in total. The Bertz CT molecular complexity index is 1380. The lowest BCUT2D eigenvalue weighted by atomic mass is 10.2. The van der Waals surface area contributed by atoms with Crippen molar-refractivity contribution < 1.29 is 27.5 Å². The predicted octanol–water partition coefficient (Wildman–Crippen LogP) is 1.03. The second kappa shape index (κ2) is 9.37. The van der Waals surface area contributed by atoms with E-state index < -0.39 is 47.1 Å². The minimum atomic E-state index is -4.77. The van der Waals surface area contributed by atoms with Crippen LogP contribution in [0.15, 0.2) is 46.0 Å². The highest BCUT2D eigenvalue weighted by Gasteiger charge is 2.33. The Kier molecular flexibility index (Phi) is 6.75. The van der Waals surface area contributed by atoms with E-state index in [2.05, 4.69) is 4.98 Å². The molecule has 0 atom stereocenters. The standard InChI is InChI=1S/C21H20F3N5O5/c1-27-18-12(7-8-15(26-18)21(22,23)24)19(32)29(20(27)33)11-17(31)28(10-9-16(25)30)13-5-3-4-6-14(13)34-2/h3-8H,9-11H2,1-2H3,(H2,25,30). The number of nitrogens with zero attached hydrogens (tertiary/aromatic N) is 4. The maximum absolute atomic E-state index is 13.2. The number of primary amides is 1. The number of alkyl halides is 3. The number of aromatic nitrogens is 3. The van der Waals surface area contributed by atoms with Gasteiger partial charge in [-0.15, -0.1) is 0 Å². The molecule has 2 amide bonds. The third-order valence-corrected chi connectivity index (χ3v) is 5.03. The van der Waals surface area contributed by atoms with E-state index in [-0.39, 0.29) is 24.0 Å². The van der Waals surface area contributed by atoms with E-state index in [4.69, 9.17) is 10.5 Å². The number of hydrogen-bond donors (Lipinski definition) is 1. The number of pyridine rings is 1. The van der Waals surface area contributed by atoms with Gasteiger partial charge < -0.3 is 15.4 Å². The summed E-state index contributed by atoms with van der Waals surface area (Å²) in [5, 5.41) is -0.274. The molecule has 0 bridgehead atoms. The molecule has 0 aliphatic rings. The third kappa shape index (κ3) is 4.77. The molecule has 3 rings (SSSR count). The quantitative estimate of drug-likeness (QED) is 0.539. The number of hydrogen-bond acceptors (Lipinski definition) is 6. The van der Waals surface area contributed by atoms with E-state index in [0.717, 1.165) is 22.6 Å². The van der Waals surface area contributed by atoms with Crippen molar-refractivity contribution in [3.05, 3.63) is 62.9 Å². The molecule has 2 heterocycles. The van der Waals surface area contributed by atoms with Crippen molar-refractivity contribution in [3.8, 4) is 5.75 Å². The van der Waals surface area contributed by atoms with E-state index in [1.54, 1.807) is 24.3 Å². The SMILES string of the molecule is COc1ccccc1N(CCC(N)=O)C(=O)Cn1c(=O)c2ccc(C(F)(F)F)nc2n(C)c1=O. The Balaban J connectivity index is 2.08. The molecule has 0 fully saturated rings. The van der Waals surface area contributed by atoms with Gasteiger partial charge in [0.2, 0.25) is 11.8 Å². The van der Waals surface area contributed by atoms with Crippen molar-refractivity contribution >= 4 is 28.5 Å². The van der Waals surface area contributed by atoms with Crippen LogP contribution in [-0.2, 0) is 29.4 Å². The summed E-state index contributed by atoms with van der Waals surface area (Å²) in [6, 6.07) is 7.92. The fourth-order valence-corrected chi connectivity index (χ4v) is 3.35. The van der Waals surface area contributed by atoms with Crippen LogP contribution in [0.25, 0.3) is 11.0 Å². The fraction of sp³-hybridized carbons (Fsp3) is 0.286. The van der Waals surface area contributed by atoms with Crippen molar-refractivity contribution in [1.82, 2.24) is 14.1 Å². The molecule has 2 N–H and O–H groups in total. The first kappa shape index (κ1) is 24.5. The van der Waals surface area contributed by atoms with Gasteiger partial charge in [0.15, 0.2) is 0 Å². The molecule has 0 radical (unpaired) electrons. The highest BCUT2D eigenvalue weighted by Crippen LogP contribution is 2.29. The van der Waals surface area contributed by atoms with Crippen molar-refractivity contribution in [2.75, 3.05) is 18.6 Å². The number of nitrogens with two attached hydrogens (primary N) is 1. The lowest BCUT2D eigenvalue weighted by Crippen LogP contribution is -2.45. The summed E-state index contributed by atoms with van der Waals surface area (Å²) in [7, 11) is 2.52. The van der Waals surface area contributed by atoms with Crippen LogP contribution < -0.4 is 26.6 Å². The molecule has 2 aromatic heterocycles. The van der Waals surface area contributed by atoms with Crippen LogP contribution in [0.3, 0.4) is 0 Å². The van der Waals surface area contributed by atoms with Crippen molar-refractivity contribution in [1.29, 1.82) is 0 Å². The van der Waals surface area contributed by atoms with Gasteiger partial charge in [0.25, 0.3) is 5.56 Å². The number of anilines is 1. The number of para-hydroxylation sites is 2. The minimum absolute atomic E-state index is 0.159. The van der Waals surface area contributed by atoms with E-state index in [1.807, 2.05) is 0 Å². The lowest BCUT2D eigenvalue weighted by Gasteiger charge is -2.24. The van der Waals surface area contributed by atoms with E-state index in [0.29, 0.717) is 16.4 Å². The van der Waals surface area contributed by atoms with Crippen LogP contribution in [0.1, 0.15) is 12.1 Å². The summed E-state index contributed by atoms with van der Waals surface area (Å²) >= 11 is 0. The van der Waals surface area contributed by atoms with Gasteiger partial charge in [-0.05, 0) is 24.3 Å². The van der Waals surface area contributed by atoms with Gasteiger partial charge in [0.1, 0.15) is 23.6 Å². The highest BCUT2D eigenvalue weighted by molar-refractivity contribution is 5.95. The van der Waals surface area contributed by atoms with Gasteiger partial charge in [-0.2, -0.15) is 13.2 Å². The van der Waals surface area contributed by atoms with E-state index in [1.165, 1.54) is 7.11 Å². The van der Waals surface area contributed by atoms with Crippen molar-refractivity contribution in [2.24, 2.45) is 12.8 Å². The van der Waals surface area contributed by atoms with Crippen LogP contribution in [0.4, 0.5) is 18.9 Å². The second-order valence-electron chi connectivity index (χ2n) is 7.23. The Labute approximate surface area is 190 Å². The first-order valence-electron chi connectivity index (χ1n) is 9.85. The summed E-state index contributed by atoms with van der Waals surface area (Å²) in [6.45, 7) is -0.910. The average molecular weight is 479 g/mol. The molecule has 0 spiro atoms. The number of benzene rings is 1. The number of aryl methyl sites for hydroxylation is 1. The molecule has 0 aliphatic carbocycles. The van der Waals surface area contributed by atoms with Gasteiger partial charge in [0.05, 0.1) is 18.2 Å². The summed E-state index contributed by atoms with van der Waals surface area (Å²) in [5.41, 5.74) is 1.73. The summed E-state index contributed by atoms with van der Waals surface area (Å²) in [4.78, 5) is 54.7. The Morgan fingerprint density at radius 2 is 1.82 bits per heavy atom. The molecule has 180 valence electrons. The maximum Gasteiger partial charge on any atom is 0.433 e. The zero-order valence-corrected chi connectivity index (χ0v) is 18.1. The number of methoxy groups -OCH3 is 1. The van der Waals surface area contributed by atoms with Gasteiger partial charge in [0, 0.05) is 20.0 Å². The number of ether oxygens (including phenoxy) is 1. The zero-order chi connectivity index (χ0) is 25.2. The summed E-state index contributed by atoms with van der Waals surface area (Å²) < 4.78 is 45.6. The van der Waals surface area contributed by atoms with Crippen molar-refractivity contribution in [2.45, 2.75) is 19.1 Å². The highest BCUT2D eigenvalue weighted by atomic mass is 19.4. The normalized spacial score (nSPS) is 11.4. The van der Waals surface area contributed by atoms with Crippen LogP contribution in [0.2, 0.25) is 0 Å². The molecule has 34 heavy (non-hydrogen) atoms. The van der Waals surface area contributed by atoms with Crippen molar-refractivity contribution in [3.63, 3.8) is 0 Å². The molecule has 0 unspecified atom stereocenters. The summed E-state index contributed by atoms with van der Waals surface area (Å²) in [6.07, 6.45) is -4.98.